The van der Waals surface area contributed by atoms with E-state index in [-0.39, 0.29) is 17.4 Å². The molecule has 1 aliphatic rings. The summed E-state index contributed by atoms with van der Waals surface area (Å²) >= 11 is 0. The van der Waals surface area contributed by atoms with Gasteiger partial charge in [-0.25, -0.2) is 30.3 Å². The number of nitrogens with zero attached hydrogens (tertiary/aromatic N) is 1. The molecule has 1 aromatic rings. The van der Waals surface area contributed by atoms with E-state index in [4.69, 9.17) is 0 Å². The molecule has 9 heteroatoms. The van der Waals surface area contributed by atoms with Crippen LogP contribution in [0.3, 0.4) is 0 Å². The summed E-state index contributed by atoms with van der Waals surface area (Å²) in [6.45, 7) is 2.60. The van der Waals surface area contributed by atoms with Crippen molar-refractivity contribution in [1.29, 1.82) is 0 Å². The number of aryl methyl sites for hydroxylation is 1. The van der Waals surface area contributed by atoms with Crippen LogP contribution in [0.4, 0.5) is 4.39 Å². The van der Waals surface area contributed by atoms with Crippen LogP contribution in [0, 0.1) is 18.7 Å². The van der Waals surface area contributed by atoms with Crippen LogP contribution < -0.4 is 4.72 Å². The van der Waals surface area contributed by atoms with Crippen molar-refractivity contribution in [3.63, 3.8) is 0 Å². The average molecular weight is 364 g/mol. The number of sulfonamides is 2. The molecule has 1 fully saturated rings. The molecule has 23 heavy (non-hydrogen) atoms. The topological polar surface area (TPSA) is 83.6 Å². The zero-order valence-corrected chi connectivity index (χ0v) is 14.8. The number of benzene rings is 1. The highest BCUT2D eigenvalue weighted by molar-refractivity contribution is 7.89. The van der Waals surface area contributed by atoms with Gasteiger partial charge in [-0.15, -0.1) is 0 Å². The fourth-order valence-corrected chi connectivity index (χ4v) is 4.88. The molecule has 0 bridgehead atoms. The molecule has 0 saturated carbocycles. The Balaban J connectivity index is 1.96. The van der Waals surface area contributed by atoms with E-state index in [1.54, 1.807) is 6.92 Å². The van der Waals surface area contributed by atoms with Crippen LogP contribution in [-0.4, -0.2) is 47.0 Å². The second-order valence-corrected chi connectivity index (χ2v) is 9.58. The summed E-state index contributed by atoms with van der Waals surface area (Å²) in [7, 11) is -6.88. The number of halogens is 1. The van der Waals surface area contributed by atoms with Gasteiger partial charge in [-0.3, -0.25) is 0 Å². The standard InChI is InChI=1S/C14H21FN2O4S2/c1-11-9-13(15)3-4-14(11)23(20,21)16-10-12-5-7-17(8-6-12)22(2,18)19/h3-4,9,12,16H,5-8,10H2,1-2H3. The maximum absolute atomic E-state index is 13.1. The lowest BCUT2D eigenvalue weighted by Crippen LogP contribution is -2.41. The van der Waals surface area contributed by atoms with Gasteiger partial charge in [-0.05, 0) is 49.4 Å². The second-order valence-electron chi connectivity index (χ2n) is 5.87. The smallest absolute Gasteiger partial charge is 0.213 e. The minimum atomic E-state index is -3.70. The van der Waals surface area contributed by atoms with Crippen molar-refractivity contribution in [2.24, 2.45) is 5.92 Å². The molecule has 1 saturated heterocycles. The van der Waals surface area contributed by atoms with Crippen LogP contribution in [0.1, 0.15) is 18.4 Å². The summed E-state index contributed by atoms with van der Waals surface area (Å²) < 4.78 is 64.5. The van der Waals surface area contributed by atoms with E-state index < -0.39 is 25.9 Å². The third kappa shape index (κ3) is 4.72. The number of rotatable bonds is 5. The highest BCUT2D eigenvalue weighted by Crippen LogP contribution is 2.20. The Labute approximate surface area is 136 Å². The number of hydrogen-bond acceptors (Lipinski definition) is 4. The quantitative estimate of drug-likeness (QED) is 0.848. The average Bonchev–Trinajstić information content (AvgIpc) is 2.44. The van der Waals surface area contributed by atoms with Gasteiger partial charge >= 0.3 is 0 Å². The Morgan fingerprint density at radius 1 is 1.22 bits per heavy atom. The number of piperidine rings is 1. The first-order valence-electron chi connectivity index (χ1n) is 7.30. The largest absolute Gasteiger partial charge is 0.240 e. The summed E-state index contributed by atoms with van der Waals surface area (Å²) in [5, 5.41) is 0. The van der Waals surface area contributed by atoms with Crippen molar-refractivity contribution >= 4 is 20.0 Å². The lowest BCUT2D eigenvalue weighted by atomic mass is 9.99. The third-order valence-corrected chi connectivity index (χ3v) is 6.92. The van der Waals surface area contributed by atoms with Gasteiger partial charge in [0.25, 0.3) is 0 Å². The fraction of sp³-hybridized carbons (Fsp3) is 0.571. The molecule has 1 heterocycles. The molecule has 1 aromatic carbocycles. The Kier molecular flexibility index (Phi) is 5.44. The molecule has 0 radical (unpaired) electrons. The first-order valence-corrected chi connectivity index (χ1v) is 10.6. The van der Waals surface area contributed by atoms with Crippen molar-refractivity contribution in [3.8, 4) is 0 Å². The molecule has 1 N–H and O–H groups in total. The predicted molar refractivity (Wildman–Crippen MR) is 85.5 cm³/mol. The number of hydrogen-bond donors (Lipinski definition) is 1. The van der Waals surface area contributed by atoms with Gasteiger partial charge in [0.15, 0.2) is 0 Å². The first-order chi connectivity index (χ1) is 10.6. The molecular weight excluding hydrogens is 343 g/mol. The summed E-state index contributed by atoms with van der Waals surface area (Å²) in [5.41, 5.74) is 0.351. The van der Waals surface area contributed by atoms with Gasteiger partial charge in [0.05, 0.1) is 11.2 Å². The molecule has 0 aromatic heterocycles. The van der Waals surface area contributed by atoms with E-state index >= 15 is 0 Å². The predicted octanol–water partition coefficient (Wildman–Crippen LogP) is 1.08. The van der Waals surface area contributed by atoms with E-state index in [9.17, 15) is 21.2 Å². The van der Waals surface area contributed by atoms with Gasteiger partial charge in [0, 0.05) is 19.6 Å². The van der Waals surface area contributed by atoms with Crippen molar-refractivity contribution in [2.75, 3.05) is 25.9 Å². The molecule has 0 amide bonds. The zero-order valence-electron chi connectivity index (χ0n) is 13.1. The van der Waals surface area contributed by atoms with Crippen LogP contribution in [0.2, 0.25) is 0 Å². The van der Waals surface area contributed by atoms with Crippen LogP contribution in [0.25, 0.3) is 0 Å². The second kappa shape index (κ2) is 6.84. The van der Waals surface area contributed by atoms with E-state index in [0.717, 1.165) is 6.07 Å². The Bertz CT molecular complexity index is 770. The normalized spacial score (nSPS) is 18.2. The SMILES string of the molecule is Cc1cc(F)ccc1S(=O)(=O)NCC1CCN(S(C)(=O)=O)CC1. The molecule has 2 rings (SSSR count). The molecule has 130 valence electrons. The Hall–Kier alpha value is -1.03. The molecular formula is C14H21FN2O4S2. The summed E-state index contributed by atoms with van der Waals surface area (Å²) in [6, 6.07) is 3.55. The van der Waals surface area contributed by atoms with E-state index in [2.05, 4.69) is 4.72 Å². The molecule has 0 unspecified atom stereocenters. The minimum absolute atomic E-state index is 0.0625. The van der Waals surface area contributed by atoms with Crippen molar-refractivity contribution in [3.05, 3.63) is 29.6 Å². The van der Waals surface area contributed by atoms with Crippen molar-refractivity contribution < 1.29 is 21.2 Å². The molecule has 6 nitrogen and oxygen atoms in total. The van der Waals surface area contributed by atoms with E-state index in [1.165, 1.54) is 22.7 Å². The Morgan fingerprint density at radius 2 is 1.83 bits per heavy atom. The van der Waals surface area contributed by atoms with Crippen LogP contribution >= 0.6 is 0 Å². The summed E-state index contributed by atoms with van der Waals surface area (Å²) in [5.74, 6) is -0.391. The fourth-order valence-electron chi connectivity index (χ4n) is 2.66. The highest BCUT2D eigenvalue weighted by atomic mass is 32.2. The van der Waals surface area contributed by atoms with Gasteiger partial charge in [0.1, 0.15) is 5.82 Å². The van der Waals surface area contributed by atoms with Crippen LogP contribution in [0.15, 0.2) is 23.1 Å². The molecule has 1 aliphatic heterocycles. The molecule has 0 spiro atoms. The maximum atomic E-state index is 13.1. The van der Waals surface area contributed by atoms with Crippen LogP contribution in [0.5, 0.6) is 0 Å². The van der Waals surface area contributed by atoms with E-state index in [0.29, 0.717) is 31.5 Å². The third-order valence-electron chi connectivity index (χ3n) is 4.03. The van der Waals surface area contributed by atoms with E-state index in [1.807, 2.05) is 0 Å². The van der Waals surface area contributed by atoms with Gasteiger partial charge in [-0.1, -0.05) is 0 Å². The van der Waals surface area contributed by atoms with Crippen LogP contribution in [-0.2, 0) is 20.0 Å². The lowest BCUT2D eigenvalue weighted by molar-refractivity contribution is 0.275. The van der Waals surface area contributed by atoms with Crippen molar-refractivity contribution in [2.45, 2.75) is 24.7 Å². The van der Waals surface area contributed by atoms with Gasteiger partial charge in [0.2, 0.25) is 20.0 Å². The lowest BCUT2D eigenvalue weighted by Gasteiger charge is -2.30. The molecule has 0 atom stereocenters. The van der Waals surface area contributed by atoms with Crippen molar-refractivity contribution in [1.82, 2.24) is 9.03 Å². The van der Waals surface area contributed by atoms with Gasteiger partial charge in [-0.2, -0.15) is 0 Å². The summed E-state index contributed by atoms with van der Waals surface area (Å²) in [4.78, 5) is 0.0625. The maximum Gasteiger partial charge on any atom is 0.240 e. The van der Waals surface area contributed by atoms with Gasteiger partial charge < -0.3 is 0 Å². The monoisotopic (exact) mass is 364 g/mol. The summed E-state index contributed by atoms with van der Waals surface area (Å²) in [6.07, 6.45) is 2.39. The number of nitrogens with one attached hydrogen (secondary N) is 1. The molecule has 0 aliphatic carbocycles. The zero-order chi connectivity index (χ0) is 17.3. The first kappa shape index (κ1) is 18.3. The Morgan fingerprint density at radius 3 is 2.35 bits per heavy atom. The highest BCUT2D eigenvalue weighted by Gasteiger charge is 2.26. The minimum Gasteiger partial charge on any atom is -0.213 e.